The molecule has 4 N–H and O–H groups in total. The molecule has 1 aromatic rings. The van der Waals surface area contributed by atoms with Crippen LogP contribution in [0.4, 0.5) is 17.1 Å². The van der Waals surface area contributed by atoms with Crippen LogP contribution in [0.2, 0.25) is 0 Å². The third-order valence-corrected chi connectivity index (χ3v) is 3.03. The van der Waals surface area contributed by atoms with Crippen molar-refractivity contribution in [1.82, 2.24) is 0 Å². The predicted octanol–water partition coefficient (Wildman–Crippen LogP) is 1.47. The zero-order valence-electron chi connectivity index (χ0n) is 10.1. The second-order valence-electron chi connectivity index (χ2n) is 4.59. The molecule has 0 aliphatic carbocycles. The number of nitrogens with zero attached hydrogens (tertiary/aromatic N) is 1. The number of anilines is 2. The van der Waals surface area contributed by atoms with E-state index in [-0.39, 0.29) is 16.9 Å². The van der Waals surface area contributed by atoms with E-state index in [1.54, 1.807) is 18.2 Å². The number of hydrogen-bond donors (Lipinski definition) is 3. The third-order valence-electron chi connectivity index (χ3n) is 3.03. The Bertz CT molecular complexity index is 458. The number of benzene rings is 1. The van der Waals surface area contributed by atoms with Crippen molar-refractivity contribution in [3.63, 3.8) is 0 Å². The molecule has 7 nitrogen and oxygen atoms in total. The summed E-state index contributed by atoms with van der Waals surface area (Å²) in [5.41, 5.74) is 2.75. The van der Waals surface area contributed by atoms with Crippen LogP contribution >= 0.6 is 0 Å². The zero-order valence-corrected chi connectivity index (χ0v) is 10.1. The van der Waals surface area contributed by atoms with Crippen molar-refractivity contribution in [3.8, 4) is 0 Å². The average molecular weight is 252 g/mol. The van der Waals surface area contributed by atoms with E-state index in [1.165, 1.54) is 0 Å². The maximum atomic E-state index is 11.1. The van der Waals surface area contributed by atoms with Crippen LogP contribution in [0.3, 0.4) is 0 Å². The maximum absolute atomic E-state index is 11.1. The number of ether oxygens (including phenoxy) is 1. The van der Waals surface area contributed by atoms with E-state index in [2.05, 4.69) is 10.7 Å². The minimum atomic E-state index is -0.448. The Labute approximate surface area is 104 Å². The largest absolute Gasteiger partial charge is 0.379 e. The number of hydrazine groups is 1. The van der Waals surface area contributed by atoms with Crippen molar-refractivity contribution in [2.75, 3.05) is 24.0 Å². The number of nitrogen functional groups attached to an aromatic ring is 1. The smallest absolute Gasteiger partial charge is 0.316 e. The van der Waals surface area contributed by atoms with E-state index in [0.29, 0.717) is 18.9 Å². The molecule has 0 radical (unpaired) electrons. The number of rotatable bonds is 4. The third kappa shape index (κ3) is 2.36. The molecule has 0 bridgehead atoms. The molecular formula is C11H16N4O3. The fourth-order valence-corrected chi connectivity index (χ4v) is 2.05. The number of nitrogens with one attached hydrogen (secondary N) is 2. The van der Waals surface area contributed by atoms with Crippen molar-refractivity contribution in [2.45, 2.75) is 18.9 Å². The molecule has 98 valence electrons. The summed E-state index contributed by atoms with van der Waals surface area (Å²) in [6.07, 6.45) is 0.810. The Morgan fingerprint density at radius 2 is 2.22 bits per heavy atom. The van der Waals surface area contributed by atoms with Gasteiger partial charge in [0.1, 0.15) is 11.4 Å². The van der Waals surface area contributed by atoms with Gasteiger partial charge < -0.3 is 15.5 Å². The molecule has 0 amide bonds. The lowest BCUT2D eigenvalue weighted by atomic mass is 10.0. The Kier molecular flexibility index (Phi) is 3.35. The summed E-state index contributed by atoms with van der Waals surface area (Å²) in [4.78, 5) is 10.7. The highest BCUT2D eigenvalue weighted by Crippen LogP contribution is 2.35. The predicted molar refractivity (Wildman–Crippen MR) is 68.4 cm³/mol. The lowest BCUT2D eigenvalue weighted by Gasteiger charge is -2.25. The van der Waals surface area contributed by atoms with Crippen LogP contribution in [0.15, 0.2) is 18.2 Å². The maximum Gasteiger partial charge on any atom is 0.316 e. The van der Waals surface area contributed by atoms with Gasteiger partial charge in [-0.25, -0.2) is 0 Å². The van der Waals surface area contributed by atoms with Gasteiger partial charge in [-0.05, 0) is 25.5 Å². The standard InChI is InChI=1S/C11H16N4O3/c1-11(5-6-18-7-11)13-8-3-2-4-9(14-12)10(8)15(16)17/h2-4,13-14H,5-7,12H2,1H3. The van der Waals surface area contributed by atoms with Crippen molar-refractivity contribution in [2.24, 2.45) is 5.84 Å². The first kappa shape index (κ1) is 12.6. The van der Waals surface area contributed by atoms with Crippen LogP contribution in [0.5, 0.6) is 0 Å². The molecule has 0 spiro atoms. The quantitative estimate of drug-likeness (QED) is 0.426. The molecule has 0 aromatic heterocycles. The van der Waals surface area contributed by atoms with Gasteiger partial charge >= 0.3 is 5.69 Å². The van der Waals surface area contributed by atoms with Gasteiger partial charge in [-0.2, -0.15) is 0 Å². The minimum absolute atomic E-state index is 0.0480. The fraction of sp³-hybridized carbons (Fsp3) is 0.455. The molecule has 1 aliphatic rings. The van der Waals surface area contributed by atoms with E-state index < -0.39 is 4.92 Å². The Balaban J connectivity index is 2.35. The monoisotopic (exact) mass is 252 g/mol. The van der Waals surface area contributed by atoms with Gasteiger partial charge in [-0.15, -0.1) is 0 Å². The van der Waals surface area contributed by atoms with Gasteiger partial charge in [-0.3, -0.25) is 16.0 Å². The summed E-state index contributed by atoms with van der Waals surface area (Å²) >= 11 is 0. The number of nitro benzene ring substituents is 1. The number of nitrogens with two attached hydrogens (primary N) is 1. The molecule has 1 fully saturated rings. The number of hydrogen-bond acceptors (Lipinski definition) is 6. The summed E-state index contributed by atoms with van der Waals surface area (Å²) < 4.78 is 5.32. The van der Waals surface area contributed by atoms with Crippen LogP contribution in [-0.4, -0.2) is 23.7 Å². The van der Waals surface area contributed by atoms with E-state index in [0.717, 1.165) is 6.42 Å². The van der Waals surface area contributed by atoms with Crippen molar-refractivity contribution >= 4 is 17.1 Å². The van der Waals surface area contributed by atoms with Crippen molar-refractivity contribution in [3.05, 3.63) is 28.3 Å². The molecule has 1 aliphatic heterocycles. The summed E-state index contributed by atoms with van der Waals surface area (Å²) in [7, 11) is 0. The van der Waals surface area contributed by atoms with E-state index in [9.17, 15) is 10.1 Å². The van der Waals surface area contributed by atoms with Gasteiger partial charge in [0.05, 0.1) is 17.1 Å². The topological polar surface area (TPSA) is 102 Å². The fourth-order valence-electron chi connectivity index (χ4n) is 2.05. The van der Waals surface area contributed by atoms with Crippen LogP contribution in [0, 0.1) is 10.1 Å². The SMILES string of the molecule is CC1(Nc2cccc(NN)c2[N+](=O)[O-])CCOC1. The normalized spacial score (nSPS) is 22.8. The van der Waals surface area contributed by atoms with Gasteiger partial charge in [0.25, 0.3) is 0 Å². The lowest BCUT2D eigenvalue weighted by molar-refractivity contribution is -0.383. The highest BCUT2D eigenvalue weighted by Gasteiger charge is 2.32. The van der Waals surface area contributed by atoms with Gasteiger partial charge in [-0.1, -0.05) is 6.07 Å². The second-order valence-corrected chi connectivity index (χ2v) is 4.59. The Morgan fingerprint density at radius 1 is 1.50 bits per heavy atom. The highest BCUT2D eigenvalue weighted by molar-refractivity contribution is 5.76. The first-order chi connectivity index (χ1) is 8.56. The van der Waals surface area contributed by atoms with Crippen molar-refractivity contribution in [1.29, 1.82) is 0 Å². The molecule has 1 heterocycles. The summed E-state index contributed by atoms with van der Waals surface area (Å²) in [6.45, 7) is 3.17. The summed E-state index contributed by atoms with van der Waals surface area (Å²) in [5.74, 6) is 5.29. The minimum Gasteiger partial charge on any atom is -0.379 e. The molecule has 7 heteroatoms. The van der Waals surface area contributed by atoms with Crippen LogP contribution in [0.25, 0.3) is 0 Å². The zero-order chi connectivity index (χ0) is 13.2. The van der Waals surface area contributed by atoms with E-state index in [4.69, 9.17) is 10.6 Å². The molecule has 1 atom stereocenters. The lowest BCUT2D eigenvalue weighted by Crippen LogP contribution is -2.35. The average Bonchev–Trinajstić information content (AvgIpc) is 2.75. The van der Waals surface area contributed by atoms with Gasteiger partial charge in [0.2, 0.25) is 0 Å². The summed E-state index contributed by atoms with van der Waals surface area (Å²) in [5, 5.41) is 14.3. The number of para-hydroxylation sites is 1. The number of nitro groups is 1. The molecular weight excluding hydrogens is 236 g/mol. The molecule has 0 saturated carbocycles. The molecule has 18 heavy (non-hydrogen) atoms. The Morgan fingerprint density at radius 3 is 2.78 bits per heavy atom. The molecule has 1 saturated heterocycles. The van der Waals surface area contributed by atoms with E-state index in [1.807, 2.05) is 6.92 Å². The van der Waals surface area contributed by atoms with Gasteiger partial charge in [0.15, 0.2) is 0 Å². The second kappa shape index (κ2) is 4.79. The van der Waals surface area contributed by atoms with Crippen LogP contribution in [-0.2, 0) is 4.74 Å². The Hall–Kier alpha value is -1.86. The highest BCUT2D eigenvalue weighted by atomic mass is 16.6. The summed E-state index contributed by atoms with van der Waals surface area (Å²) in [6, 6.07) is 4.95. The van der Waals surface area contributed by atoms with E-state index >= 15 is 0 Å². The van der Waals surface area contributed by atoms with Crippen molar-refractivity contribution < 1.29 is 9.66 Å². The molecule has 1 aromatic carbocycles. The van der Waals surface area contributed by atoms with Crippen LogP contribution < -0.4 is 16.6 Å². The first-order valence-electron chi connectivity index (χ1n) is 5.66. The first-order valence-corrected chi connectivity index (χ1v) is 5.66. The van der Waals surface area contributed by atoms with Gasteiger partial charge in [0, 0.05) is 6.61 Å². The molecule has 2 rings (SSSR count). The van der Waals surface area contributed by atoms with Crippen LogP contribution in [0.1, 0.15) is 13.3 Å². The molecule has 1 unspecified atom stereocenters.